The van der Waals surface area contributed by atoms with Crippen molar-refractivity contribution in [2.75, 3.05) is 9.80 Å². The predicted octanol–water partition coefficient (Wildman–Crippen LogP) is 7.69. The van der Waals surface area contributed by atoms with Gasteiger partial charge in [0, 0.05) is 59.3 Å². The van der Waals surface area contributed by atoms with Gasteiger partial charge in [-0.3, -0.25) is 0 Å². The maximum absolute atomic E-state index is 5.51. The lowest BCUT2D eigenvalue weighted by atomic mass is 9.95. The summed E-state index contributed by atoms with van der Waals surface area (Å²) in [5.74, 6) is 0. The molecule has 0 amide bonds. The molecule has 0 radical (unpaired) electrons. The highest BCUT2D eigenvalue weighted by molar-refractivity contribution is 5.88. The smallest absolute Gasteiger partial charge is 0.257 e. The molecule has 4 heterocycles. The van der Waals surface area contributed by atoms with E-state index in [1.807, 2.05) is 11.7 Å². The fraction of sp³-hybridized carbons (Fsp3) is 0.300. The van der Waals surface area contributed by atoms with Crippen molar-refractivity contribution < 1.29 is 4.68 Å². The van der Waals surface area contributed by atoms with Crippen LogP contribution in [0.5, 0.6) is 0 Å². The SMILES string of the molecule is CC(C)N1Cc2ccccc2-c2nn(CC(C)N3Cc4ccccc4-c4c(nnn4C)-c4ccccc43)[n+](C(C)C)c2-c2ccccc21. The summed E-state index contributed by atoms with van der Waals surface area (Å²) in [4.78, 5) is 7.29. The highest BCUT2D eigenvalue weighted by Crippen LogP contribution is 2.43. The zero-order chi connectivity index (χ0) is 33.1. The lowest BCUT2D eigenvalue weighted by Crippen LogP contribution is -2.50. The number of rotatable bonds is 5. The molecular formula is C40H43N8+. The zero-order valence-corrected chi connectivity index (χ0v) is 28.7. The van der Waals surface area contributed by atoms with E-state index in [4.69, 9.17) is 10.2 Å². The van der Waals surface area contributed by atoms with Crippen LogP contribution in [-0.4, -0.2) is 37.0 Å². The molecule has 2 aliphatic heterocycles. The molecule has 0 saturated carbocycles. The maximum Gasteiger partial charge on any atom is 0.257 e. The third-order valence-corrected chi connectivity index (χ3v) is 9.98. The molecule has 48 heavy (non-hydrogen) atoms. The Balaban J connectivity index is 1.30. The number of benzene rings is 4. The number of para-hydroxylation sites is 2. The second-order valence-corrected chi connectivity index (χ2v) is 13.7. The Kier molecular flexibility index (Phi) is 7.39. The van der Waals surface area contributed by atoms with Gasteiger partial charge in [-0.15, -0.1) is 9.78 Å². The van der Waals surface area contributed by atoms with Gasteiger partial charge in [0.05, 0.1) is 17.3 Å². The average molecular weight is 636 g/mol. The van der Waals surface area contributed by atoms with Gasteiger partial charge in [0.25, 0.3) is 5.69 Å². The van der Waals surface area contributed by atoms with E-state index in [1.165, 1.54) is 39.2 Å². The van der Waals surface area contributed by atoms with Crippen LogP contribution < -0.4 is 14.5 Å². The van der Waals surface area contributed by atoms with Crippen molar-refractivity contribution in [2.45, 2.75) is 72.4 Å². The third-order valence-electron chi connectivity index (χ3n) is 9.98. The van der Waals surface area contributed by atoms with E-state index in [2.05, 4.69) is 156 Å². The quantitative estimate of drug-likeness (QED) is 0.182. The summed E-state index contributed by atoms with van der Waals surface area (Å²) >= 11 is 0. The lowest BCUT2D eigenvalue weighted by molar-refractivity contribution is -0.787. The lowest BCUT2D eigenvalue weighted by Gasteiger charge is -2.34. The first-order chi connectivity index (χ1) is 23.3. The summed E-state index contributed by atoms with van der Waals surface area (Å²) < 4.78 is 4.33. The van der Waals surface area contributed by atoms with E-state index in [0.717, 1.165) is 41.4 Å². The standard InChI is InChI=1S/C40H43N8/c1-26(2)45-24-29-15-7-9-17-31(29)38-40(34-20-12-14-22-36(34)45)48(27(3)4)47(42-38)23-28(5)46-25-30-16-8-10-18-32(30)39-37(41-43-44(39)6)33-19-11-13-21-35(33)46/h7-22,26-28H,23-25H2,1-6H3/q+1. The molecule has 0 N–H and O–H groups in total. The van der Waals surface area contributed by atoms with Crippen molar-refractivity contribution in [3.63, 3.8) is 0 Å². The van der Waals surface area contributed by atoms with Gasteiger partial charge >= 0.3 is 0 Å². The molecule has 4 aromatic carbocycles. The molecule has 0 bridgehead atoms. The highest BCUT2D eigenvalue weighted by atomic mass is 15.6. The minimum absolute atomic E-state index is 0.103. The molecule has 2 aliphatic rings. The number of anilines is 2. The molecule has 0 fully saturated rings. The van der Waals surface area contributed by atoms with E-state index in [0.29, 0.717) is 12.6 Å². The van der Waals surface area contributed by atoms with E-state index in [-0.39, 0.29) is 12.1 Å². The first-order valence-corrected chi connectivity index (χ1v) is 17.1. The maximum atomic E-state index is 5.51. The average Bonchev–Trinajstić information content (AvgIpc) is 3.64. The Bertz CT molecular complexity index is 2140. The zero-order valence-electron chi connectivity index (χ0n) is 28.7. The van der Waals surface area contributed by atoms with Crippen molar-refractivity contribution in [1.82, 2.24) is 24.9 Å². The van der Waals surface area contributed by atoms with Gasteiger partial charge in [-0.1, -0.05) is 78.0 Å². The van der Waals surface area contributed by atoms with Gasteiger partial charge in [-0.2, -0.15) is 0 Å². The Morgan fingerprint density at radius 1 is 0.646 bits per heavy atom. The molecule has 0 aliphatic carbocycles. The summed E-state index contributed by atoms with van der Waals surface area (Å²) in [7, 11) is 1.98. The van der Waals surface area contributed by atoms with Crippen molar-refractivity contribution in [3.05, 3.63) is 108 Å². The first kappa shape index (κ1) is 30.1. The molecule has 0 spiro atoms. The highest BCUT2D eigenvalue weighted by Gasteiger charge is 2.37. The van der Waals surface area contributed by atoms with Crippen molar-refractivity contribution in [1.29, 1.82) is 0 Å². The van der Waals surface area contributed by atoms with E-state index in [9.17, 15) is 0 Å². The Morgan fingerprint density at radius 2 is 1.21 bits per heavy atom. The van der Waals surface area contributed by atoms with Crippen LogP contribution >= 0.6 is 0 Å². The first-order valence-electron chi connectivity index (χ1n) is 17.1. The van der Waals surface area contributed by atoms with Gasteiger partial charge < -0.3 is 9.80 Å². The van der Waals surface area contributed by atoms with Crippen LogP contribution in [0, 0.1) is 0 Å². The molecule has 0 saturated heterocycles. The van der Waals surface area contributed by atoms with E-state index in [1.54, 1.807) is 0 Å². The van der Waals surface area contributed by atoms with Crippen molar-refractivity contribution >= 4 is 11.4 Å². The summed E-state index contributed by atoms with van der Waals surface area (Å²) in [6, 6.07) is 35.6. The summed E-state index contributed by atoms with van der Waals surface area (Å²) in [6.45, 7) is 13.7. The second kappa shape index (κ2) is 11.8. The molecule has 6 aromatic rings. The van der Waals surface area contributed by atoms with Gasteiger partial charge in [0.1, 0.15) is 18.3 Å². The summed E-state index contributed by atoms with van der Waals surface area (Å²) in [6.07, 6.45) is 0. The molecule has 242 valence electrons. The summed E-state index contributed by atoms with van der Waals surface area (Å²) in [5.41, 5.74) is 13.9. The Morgan fingerprint density at radius 3 is 1.90 bits per heavy atom. The molecule has 1 unspecified atom stereocenters. The number of aryl methyl sites for hydroxylation is 1. The van der Waals surface area contributed by atoms with Gasteiger partial charge in [-0.25, -0.2) is 4.68 Å². The van der Waals surface area contributed by atoms with Gasteiger partial charge in [0.2, 0.25) is 5.69 Å². The van der Waals surface area contributed by atoms with Crippen LogP contribution in [0.3, 0.4) is 0 Å². The van der Waals surface area contributed by atoms with E-state index >= 15 is 0 Å². The second-order valence-electron chi connectivity index (χ2n) is 13.7. The Hall–Kier alpha value is -5.24. The van der Waals surface area contributed by atoms with Crippen LogP contribution in [0.1, 0.15) is 51.8 Å². The van der Waals surface area contributed by atoms with E-state index < -0.39 is 0 Å². The fourth-order valence-electron chi connectivity index (χ4n) is 7.71. The van der Waals surface area contributed by atoms with Gasteiger partial charge in [-0.05, 0) is 74.8 Å². The minimum atomic E-state index is 0.103. The van der Waals surface area contributed by atoms with Crippen LogP contribution in [0.4, 0.5) is 11.4 Å². The normalized spacial score (nSPS) is 14.2. The largest absolute Gasteiger partial charge is 0.364 e. The monoisotopic (exact) mass is 635 g/mol. The topological polar surface area (TPSA) is 58.9 Å². The van der Waals surface area contributed by atoms with Crippen LogP contribution in [0.25, 0.3) is 45.0 Å². The summed E-state index contributed by atoms with van der Waals surface area (Å²) in [5, 5.41) is 14.7. The van der Waals surface area contributed by atoms with Gasteiger partial charge in [0.15, 0.2) is 0 Å². The number of hydrogen-bond acceptors (Lipinski definition) is 5. The Labute approximate surface area is 282 Å². The number of hydrogen-bond donors (Lipinski definition) is 0. The van der Waals surface area contributed by atoms with Crippen molar-refractivity contribution in [2.24, 2.45) is 7.05 Å². The molecule has 8 rings (SSSR count). The molecule has 1 atom stereocenters. The molecular weight excluding hydrogens is 592 g/mol. The minimum Gasteiger partial charge on any atom is -0.364 e. The molecule has 8 heteroatoms. The third kappa shape index (κ3) is 4.81. The predicted molar refractivity (Wildman–Crippen MR) is 193 cm³/mol. The molecule has 8 nitrogen and oxygen atoms in total. The number of aromatic nitrogens is 6. The van der Waals surface area contributed by atoms with Crippen LogP contribution in [0.15, 0.2) is 97.1 Å². The van der Waals surface area contributed by atoms with Crippen LogP contribution in [-0.2, 0) is 26.7 Å². The van der Waals surface area contributed by atoms with Crippen molar-refractivity contribution in [3.8, 4) is 45.0 Å². The fourth-order valence-corrected chi connectivity index (χ4v) is 7.71. The number of nitrogens with zero attached hydrogens (tertiary/aromatic N) is 8. The number of fused-ring (bicyclic) bond motifs is 10. The van der Waals surface area contributed by atoms with Crippen LogP contribution in [0.2, 0.25) is 0 Å². The molecule has 2 aromatic heterocycles.